The van der Waals surface area contributed by atoms with Crippen molar-refractivity contribution < 1.29 is 26.7 Å². The zero-order chi connectivity index (χ0) is 20.9. The zero-order valence-electron chi connectivity index (χ0n) is 16.2. The normalized spacial score (nSPS) is 19.0. The average Bonchev–Trinajstić information content (AvgIpc) is 2.68. The third-order valence-corrected chi connectivity index (χ3v) is 8.57. The predicted molar refractivity (Wildman–Crippen MR) is 105 cm³/mol. The van der Waals surface area contributed by atoms with Gasteiger partial charge in [0.05, 0.1) is 15.7 Å². The third kappa shape index (κ3) is 4.91. The van der Waals surface area contributed by atoms with Gasteiger partial charge in [-0.1, -0.05) is 13.8 Å². The monoisotopic (exact) mass is 432 g/mol. The van der Waals surface area contributed by atoms with Gasteiger partial charge in [-0.2, -0.15) is 8.61 Å². The Kier molecular flexibility index (Phi) is 7.60. The van der Waals surface area contributed by atoms with E-state index in [4.69, 9.17) is 5.11 Å². The van der Waals surface area contributed by atoms with Gasteiger partial charge in [-0.15, -0.1) is 0 Å². The summed E-state index contributed by atoms with van der Waals surface area (Å²) < 4.78 is 53.8. The lowest BCUT2D eigenvalue weighted by Crippen LogP contribution is -2.42. The summed E-state index contributed by atoms with van der Waals surface area (Å²) in [6.07, 6.45) is 2.30. The van der Waals surface area contributed by atoms with Crippen molar-refractivity contribution in [3.8, 4) is 0 Å². The molecule has 0 aromatic heterocycles. The highest BCUT2D eigenvalue weighted by molar-refractivity contribution is 7.89. The maximum Gasteiger partial charge on any atom is 0.307 e. The molecule has 158 valence electrons. The molecule has 1 atom stereocenters. The molecular weight excluding hydrogens is 404 g/mol. The van der Waals surface area contributed by atoms with Crippen molar-refractivity contribution >= 4 is 26.0 Å². The Bertz CT molecular complexity index is 875. The first kappa shape index (κ1) is 22.8. The first-order valence-electron chi connectivity index (χ1n) is 9.47. The van der Waals surface area contributed by atoms with Gasteiger partial charge in [0.2, 0.25) is 20.0 Å². The molecule has 8 nitrogen and oxygen atoms in total. The van der Waals surface area contributed by atoms with Gasteiger partial charge in [0.15, 0.2) is 0 Å². The van der Waals surface area contributed by atoms with E-state index in [0.29, 0.717) is 38.8 Å². The molecule has 28 heavy (non-hydrogen) atoms. The van der Waals surface area contributed by atoms with Crippen LogP contribution in [0.25, 0.3) is 0 Å². The highest BCUT2D eigenvalue weighted by Crippen LogP contribution is 2.25. The molecule has 1 heterocycles. The summed E-state index contributed by atoms with van der Waals surface area (Å²) in [5.74, 6) is -1.73. The molecule has 10 heteroatoms. The Morgan fingerprint density at radius 3 is 2.11 bits per heavy atom. The number of benzene rings is 1. The van der Waals surface area contributed by atoms with Crippen molar-refractivity contribution in [3.63, 3.8) is 0 Å². The van der Waals surface area contributed by atoms with E-state index in [1.54, 1.807) is 0 Å². The van der Waals surface area contributed by atoms with Crippen LogP contribution in [0.4, 0.5) is 0 Å². The maximum absolute atomic E-state index is 12.8. The Morgan fingerprint density at radius 2 is 1.61 bits per heavy atom. The van der Waals surface area contributed by atoms with Crippen molar-refractivity contribution in [2.75, 3.05) is 26.2 Å². The van der Waals surface area contributed by atoms with E-state index in [1.165, 1.54) is 32.9 Å². The fourth-order valence-corrected chi connectivity index (χ4v) is 6.44. The fraction of sp³-hybridized carbons (Fsp3) is 0.611. The van der Waals surface area contributed by atoms with Crippen molar-refractivity contribution in [1.82, 2.24) is 8.61 Å². The van der Waals surface area contributed by atoms with Crippen LogP contribution >= 0.6 is 0 Å². The highest BCUT2D eigenvalue weighted by Gasteiger charge is 2.33. The minimum atomic E-state index is -3.87. The number of aliphatic carboxylic acids is 1. The van der Waals surface area contributed by atoms with E-state index in [1.807, 2.05) is 13.8 Å². The van der Waals surface area contributed by atoms with Crippen molar-refractivity contribution in [3.05, 3.63) is 24.3 Å². The summed E-state index contributed by atoms with van der Waals surface area (Å²) in [7, 11) is -7.56. The van der Waals surface area contributed by atoms with Gasteiger partial charge in [-0.05, 0) is 49.9 Å². The Balaban J connectivity index is 2.26. The number of carboxylic acids is 1. The van der Waals surface area contributed by atoms with Gasteiger partial charge in [-0.25, -0.2) is 16.8 Å². The minimum Gasteiger partial charge on any atom is -0.481 e. The maximum atomic E-state index is 12.8. The fourth-order valence-electron chi connectivity index (χ4n) is 3.29. The molecule has 1 aliphatic rings. The summed E-state index contributed by atoms with van der Waals surface area (Å²) in [5, 5.41) is 9.16. The molecular formula is C18H28N2O6S2. The van der Waals surface area contributed by atoms with Crippen LogP contribution in [-0.2, 0) is 24.8 Å². The lowest BCUT2D eigenvalue weighted by molar-refractivity contribution is -0.142. The van der Waals surface area contributed by atoms with Gasteiger partial charge < -0.3 is 5.11 Å². The second-order valence-electron chi connectivity index (χ2n) is 6.92. The van der Waals surface area contributed by atoms with Crippen molar-refractivity contribution in [1.29, 1.82) is 0 Å². The standard InChI is InChI=1S/C18H28N2O6S2/c1-3-11-19(12-4-2)27(23,24)16-7-9-17(10-8-16)28(25,26)20-13-5-6-15(14-20)18(21)22/h7-10,15H,3-6,11-14H2,1-2H3,(H,21,22). The number of rotatable bonds is 9. The van der Waals surface area contributed by atoms with E-state index >= 15 is 0 Å². The Hall–Kier alpha value is -1.49. The van der Waals surface area contributed by atoms with Crippen LogP contribution in [0.1, 0.15) is 39.5 Å². The molecule has 1 saturated heterocycles. The number of carboxylic acid groups (broad SMARTS) is 1. The number of piperidine rings is 1. The van der Waals surface area contributed by atoms with E-state index < -0.39 is 31.9 Å². The number of nitrogens with zero attached hydrogens (tertiary/aromatic N) is 2. The second kappa shape index (κ2) is 9.34. The third-order valence-electron chi connectivity index (χ3n) is 4.78. The number of hydrogen-bond acceptors (Lipinski definition) is 5. The lowest BCUT2D eigenvalue weighted by atomic mass is 10.0. The number of hydrogen-bond donors (Lipinski definition) is 1. The topological polar surface area (TPSA) is 112 Å². The van der Waals surface area contributed by atoms with Crippen LogP contribution in [0.3, 0.4) is 0 Å². The van der Waals surface area contributed by atoms with E-state index in [2.05, 4.69) is 0 Å². The first-order valence-corrected chi connectivity index (χ1v) is 12.4. The van der Waals surface area contributed by atoms with E-state index in [9.17, 15) is 21.6 Å². The van der Waals surface area contributed by atoms with Crippen LogP contribution in [0.15, 0.2) is 34.1 Å². The summed E-state index contributed by atoms with van der Waals surface area (Å²) in [4.78, 5) is 11.2. The quantitative estimate of drug-likeness (QED) is 0.639. The van der Waals surface area contributed by atoms with Crippen LogP contribution in [0, 0.1) is 5.92 Å². The molecule has 2 rings (SSSR count). The minimum absolute atomic E-state index is 0.0324. The van der Waals surface area contributed by atoms with Crippen molar-refractivity contribution in [2.24, 2.45) is 5.92 Å². The van der Waals surface area contributed by atoms with Gasteiger partial charge in [0.25, 0.3) is 0 Å². The van der Waals surface area contributed by atoms with Gasteiger partial charge in [0, 0.05) is 26.2 Å². The molecule has 0 spiro atoms. The Labute approximate surface area is 167 Å². The molecule has 1 N–H and O–H groups in total. The molecule has 0 aliphatic carbocycles. The average molecular weight is 433 g/mol. The number of carbonyl (C=O) groups is 1. The molecule has 1 aromatic carbocycles. The molecule has 1 aromatic rings. The number of sulfonamides is 2. The molecule has 1 aliphatic heterocycles. The van der Waals surface area contributed by atoms with Gasteiger partial charge in [0.1, 0.15) is 0 Å². The summed E-state index contributed by atoms with van der Waals surface area (Å²) >= 11 is 0. The highest BCUT2D eigenvalue weighted by atomic mass is 32.2. The lowest BCUT2D eigenvalue weighted by Gasteiger charge is -2.29. The first-order chi connectivity index (χ1) is 13.1. The smallest absolute Gasteiger partial charge is 0.307 e. The molecule has 0 amide bonds. The summed E-state index contributed by atoms with van der Waals surface area (Å²) in [6.45, 7) is 4.79. The molecule has 0 saturated carbocycles. The molecule has 1 fully saturated rings. The van der Waals surface area contributed by atoms with Gasteiger partial charge >= 0.3 is 5.97 Å². The summed E-state index contributed by atoms with van der Waals surface area (Å²) in [6, 6.07) is 5.17. The van der Waals surface area contributed by atoms with Crippen LogP contribution in [0.2, 0.25) is 0 Å². The molecule has 0 radical (unpaired) electrons. The molecule has 0 bridgehead atoms. The second-order valence-corrected chi connectivity index (χ2v) is 10.8. The van der Waals surface area contributed by atoms with E-state index in [0.717, 1.165) is 0 Å². The molecule has 1 unspecified atom stereocenters. The van der Waals surface area contributed by atoms with E-state index in [-0.39, 0.29) is 22.9 Å². The van der Waals surface area contributed by atoms with Crippen LogP contribution in [-0.4, -0.2) is 62.7 Å². The Morgan fingerprint density at radius 1 is 1.07 bits per heavy atom. The SMILES string of the molecule is CCCN(CCC)S(=O)(=O)c1ccc(S(=O)(=O)N2CCCC(C(=O)O)C2)cc1. The zero-order valence-corrected chi connectivity index (χ0v) is 17.9. The summed E-state index contributed by atoms with van der Waals surface area (Å²) in [5.41, 5.74) is 0. The van der Waals surface area contributed by atoms with Crippen molar-refractivity contribution in [2.45, 2.75) is 49.3 Å². The predicted octanol–water partition coefficient (Wildman–Crippen LogP) is 1.98. The van der Waals surface area contributed by atoms with Crippen LogP contribution in [0.5, 0.6) is 0 Å². The van der Waals surface area contributed by atoms with Crippen LogP contribution < -0.4 is 0 Å². The largest absolute Gasteiger partial charge is 0.481 e. The van der Waals surface area contributed by atoms with Gasteiger partial charge in [-0.3, -0.25) is 4.79 Å².